The first-order chi connectivity index (χ1) is 9.66. The number of hydrogen-bond donors (Lipinski definition) is 1. The molecule has 0 spiro atoms. The topological polar surface area (TPSA) is 53.4 Å². The number of rotatable bonds is 1. The zero-order valence-corrected chi connectivity index (χ0v) is 11.7. The number of aliphatic hydroxyl groups is 1. The summed E-state index contributed by atoms with van der Waals surface area (Å²) in [4.78, 5) is 18.6. The second-order valence-electron chi connectivity index (χ2n) is 5.04. The third kappa shape index (κ3) is 2.37. The molecular weight excluding hydrogens is 276 g/mol. The smallest absolute Gasteiger partial charge is 0.256 e. The molecule has 1 saturated heterocycles. The van der Waals surface area contributed by atoms with Crippen LogP contribution in [0.5, 0.6) is 0 Å². The van der Waals surface area contributed by atoms with Crippen molar-refractivity contribution in [1.82, 2.24) is 9.88 Å². The average Bonchev–Trinajstić information content (AvgIpc) is 2.47. The lowest BCUT2D eigenvalue weighted by molar-refractivity contribution is 0.0475. The Kier molecular flexibility index (Phi) is 3.59. The van der Waals surface area contributed by atoms with E-state index in [2.05, 4.69) is 4.98 Å². The first-order valence-corrected chi connectivity index (χ1v) is 7.05. The van der Waals surface area contributed by atoms with Gasteiger partial charge < -0.3 is 10.0 Å². The molecular formula is C15H15ClN2O2. The first-order valence-electron chi connectivity index (χ1n) is 6.67. The molecule has 4 nitrogen and oxygen atoms in total. The number of aromatic nitrogens is 1. The SMILES string of the molecule is O=C(c1ccc(Cl)c2cccnc12)N1CCCC(O)C1. The molecule has 1 N–H and O–H groups in total. The molecule has 1 unspecified atom stereocenters. The van der Waals surface area contributed by atoms with Crippen molar-refractivity contribution in [2.45, 2.75) is 18.9 Å². The van der Waals surface area contributed by atoms with Crippen LogP contribution in [0.1, 0.15) is 23.2 Å². The number of likely N-dealkylation sites (tertiary alicyclic amines) is 1. The van der Waals surface area contributed by atoms with E-state index in [4.69, 9.17) is 11.6 Å². The lowest BCUT2D eigenvalue weighted by atomic mass is 10.0. The van der Waals surface area contributed by atoms with E-state index in [0.29, 0.717) is 29.2 Å². The van der Waals surface area contributed by atoms with Gasteiger partial charge in [-0.25, -0.2) is 0 Å². The van der Waals surface area contributed by atoms with Crippen LogP contribution < -0.4 is 0 Å². The van der Waals surface area contributed by atoms with Crippen LogP contribution >= 0.6 is 11.6 Å². The van der Waals surface area contributed by atoms with Crippen LogP contribution in [-0.2, 0) is 0 Å². The lowest BCUT2D eigenvalue weighted by Crippen LogP contribution is -2.42. The van der Waals surface area contributed by atoms with E-state index in [1.54, 1.807) is 29.3 Å². The van der Waals surface area contributed by atoms with Crippen LogP contribution in [0.3, 0.4) is 0 Å². The number of pyridine rings is 1. The predicted molar refractivity (Wildman–Crippen MR) is 77.9 cm³/mol. The van der Waals surface area contributed by atoms with Gasteiger partial charge in [0.15, 0.2) is 0 Å². The number of nitrogens with zero attached hydrogens (tertiary/aromatic N) is 2. The monoisotopic (exact) mass is 290 g/mol. The van der Waals surface area contributed by atoms with Crippen LogP contribution in [-0.4, -0.2) is 40.1 Å². The number of amides is 1. The molecule has 5 heteroatoms. The predicted octanol–water partition coefficient (Wildman–Crippen LogP) is 2.49. The summed E-state index contributed by atoms with van der Waals surface area (Å²) in [5, 5.41) is 11.1. The van der Waals surface area contributed by atoms with Crippen LogP contribution in [0.2, 0.25) is 5.02 Å². The Balaban J connectivity index is 2.01. The number of carbonyl (C=O) groups excluding carboxylic acids is 1. The van der Waals surface area contributed by atoms with Gasteiger partial charge >= 0.3 is 0 Å². The molecule has 1 atom stereocenters. The van der Waals surface area contributed by atoms with Gasteiger partial charge in [0.25, 0.3) is 5.91 Å². The average molecular weight is 291 g/mol. The van der Waals surface area contributed by atoms with Crippen molar-refractivity contribution in [2.75, 3.05) is 13.1 Å². The summed E-state index contributed by atoms with van der Waals surface area (Å²) in [5.74, 6) is -0.0934. The fraction of sp³-hybridized carbons (Fsp3) is 0.333. The molecule has 0 saturated carbocycles. The molecule has 104 valence electrons. The zero-order valence-electron chi connectivity index (χ0n) is 10.9. The summed E-state index contributed by atoms with van der Waals surface area (Å²) in [6.07, 6.45) is 2.80. The lowest BCUT2D eigenvalue weighted by Gasteiger charge is -2.30. The largest absolute Gasteiger partial charge is 0.391 e. The molecule has 2 heterocycles. The van der Waals surface area contributed by atoms with E-state index < -0.39 is 6.10 Å². The molecule has 0 aliphatic carbocycles. The van der Waals surface area contributed by atoms with Crippen LogP contribution in [0.4, 0.5) is 0 Å². The van der Waals surface area contributed by atoms with Crippen LogP contribution in [0, 0.1) is 0 Å². The summed E-state index contributed by atoms with van der Waals surface area (Å²) < 4.78 is 0. The van der Waals surface area contributed by atoms with E-state index in [-0.39, 0.29) is 5.91 Å². The van der Waals surface area contributed by atoms with Crippen molar-refractivity contribution in [3.05, 3.63) is 41.0 Å². The molecule has 1 aromatic heterocycles. The minimum absolute atomic E-state index is 0.0934. The number of carbonyl (C=O) groups is 1. The van der Waals surface area contributed by atoms with Gasteiger partial charge in [0.2, 0.25) is 0 Å². The Morgan fingerprint density at radius 2 is 2.25 bits per heavy atom. The maximum absolute atomic E-state index is 12.6. The Morgan fingerprint density at radius 3 is 3.05 bits per heavy atom. The first kappa shape index (κ1) is 13.3. The van der Waals surface area contributed by atoms with Gasteiger partial charge in [-0.2, -0.15) is 0 Å². The minimum Gasteiger partial charge on any atom is -0.391 e. The molecule has 1 aromatic carbocycles. The second kappa shape index (κ2) is 5.38. The molecule has 2 aromatic rings. The van der Waals surface area contributed by atoms with Gasteiger partial charge in [-0.15, -0.1) is 0 Å². The fourth-order valence-electron chi connectivity index (χ4n) is 2.62. The summed E-state index contributed by atoms with van der Waals surface area (Å²) in [6, 6.07) is 7.08. The molecule has 1 fully saturated rings. The number of fused-ring (bicyclic) bond motifs is 1. The summed E-state index contributed by atoms with van der Waals surface area (Å²) in [5.41, 5.74) is 1.16. The Labute approximate surface area is 122 Å². The number of halogens is 1. The Bertz CT molecular complexity index is 659. The van der Waals surface area contributed by atoms with Crippen molar-refractivity contribution < 1.29 is 9.90 Å². The van der Waals surface area contributed by atoms with Crippen molar-refractivity contribution in [3.63, 3.8) is 0 Å². The zero-order chi connectivity index (χ0) is 14.1. The van der Waals surface area contributed by atoms with Gasteiger partial charge in [0, 0.05) is 24.7 Å². The fourth-order valence-corrected chi connectivity index (χ4v) is 2.84. The highest BCUT2D eigenvalue weighted by Crippen LogP contribution is 2.26. The Morgan fingerprint density at radius 1 is 1.40 bits per heavy atom. The number of β-amino-alcohol motifs (C(OH)–C–C–N with tert-alkyl or cyclic N) is 1. The van der Waals surface area contributed by atoms with Crippen LogP contribution in [0.15, 0.2) is 30.5 Å². The van der Waals surface area contributed by atoms with Gasteiger partial charge in [0.05, 0.1) is 22.2 Å². The van der Waals surface area contributed by atoms with Crippen molar-refractivity contribution in [3.8, 4) is 0 Å². The van der Waals surface area contributed by atoms with Crippen molar-refractivity contribution >= 4 is 28.4 Å². The van der Waals surface area contributed by atoms with E-state index >= 15 is 0 Å². The maximum atomic E-state index is 12.6. The summed E-state index contributed by atoms with van der Waals surface area (Å²) >= 11 is 6.14. The van der Waals surface area contributed by atoms with E-state index in [1.165, 1.54) is 0 Å². The van der Waals surface area contributed by atoms with Gasteiger partial charge in [-0.05, 0) is 37.1 Å². The third-order valence-corrected chi connectivity index (χ3v) is 3.96. The molecule has 1 aliphatic heterocycles. The quantitative estimate of drug-likeness (QED) is 0.878. The highest BCUT2D eigenvalue weighted by atomic mass is 35.5. The molecule has 20 heavy (non-hydrogen) atoms. The number of piperidine rings is 1. The molecule has 0 bridgehead atoms. The van der Waals surface area contributed by atoms with E-state index in [0.717, 1.165) is 18.2 Å². The number of hydrogen-bond acceptors (Lipinski definition) is 3. The van der Waals surface area contributed by atoms with Crippen molar-refractivity contribution in [2.24, 2.45) is 0 Å². The van der Waals surface area contributed by atoms with Gasteiger partial charge in [-0.3, -0.25) is 9.78 Å². The molecule has 1 aliphatic rings. The summed E-state index contributed by atoms with van der Waals surface area (Å²) in [6.45, 7) is 1.06. The van der Waals surface area contributed by atoms with E-state index in [9.17, 15) is 9.90 Å². The third-order valence-electron chi connectivity index (χ3n) is 3.63. The van der Waals surface area contributed by atoms with Crippen LogP contribution in [0.25, 0.3) is 10.9 Å². The molecule has 1 amide bonds. The highest BCUT2D eigenvalue weighted by molar-refractivity contribution is 6.36. The normalized spacial score (nSPS) is 19.3. The highest BCUT2D eigenvalue weighted by Gasteiger charge is 2.24. The summed E-state index contributed by atoms with van der Waals surface area (Å²) in [7, 11) is 0. The Hall–Kier alpha value is -1.65. The molecule has 3 rings (SSSR count). The standard InChI is InChI=1S/C15H15ClN2O2/c16-13-6-5-12(14-11(13)4-1-7-17-14)15(20)18-8-2-3-10(19)9-18/h1,4-7,10,19H,2-3,8-9H2. The minimum atomic E-state index is -0.431. The maximum Gasteiger partial charge on any atom is 0.256 e. The van der Waals surface area contributed by atoms with E-state index in [1.807, 2.05) is 6.07 Å². The number of aliphatic hydroxyl groups excluding tert-OH is 1. The number of benzene rings is 1. The van der Waals surface area contributed by atoms with Gasteiger partial charge in [-0.1, -0.05) is 11.6 Å². The molecule has 0 radical (unpaired) electrons. The van der Waals surface area contributed by atoms with Crippen molar-refractivity contribution in [1.29, 1.82) is 0 Å². The second-order valence-corrected chi connectivity index (χ2v) is 5.45. The van der Waals surface area contributed by atoms with Gasteiger partial charge in [0.1, 0.15) is 0 Å².